The molecule has 16 heavy (non-hydrogen) atoms. The lowest BCUT2D eigenvalue weighted by molar-refractivity contribution is -0.137. The highest BCUT2D eigenvalue weighted by atomic mass is 16.5. The molecule has 0 spiro atoms. The molecule has 1 saturated heterocycles. The molecule has 0 aromatic rings. The zero-order chi connectivity index (χ0) is 12.1. The minimum atomic E-state index is -0.630. The van der Waals surface area contributed by atoms with E-state index in [1.807, 2.05) is 18.9 Å². The summed E-state index contributed by atoms with van der Waals surface area (Å²) in [4.78, 5) is 16.8. The van der Waals surface area contributed by atoms with E-state index in [0.29, 0.717) is 0 Å². The summed E-state index contributed by atoms with van der Waals surface area (Å²) in [5, 5.41) is 6.78. The van der Waals surface area contributed by atoms with Gasteiger partial charge in [-0.05, 0) is 12.3 Å². The van der Waals surface area contributed by atoms with Crippen LogP contribution < -0.4 is 0 Å². The lowest BCUT2D eigenvalue weighted by Gasteiger charge is -2.16. The van der Waals surface area contributed by atoms with Gasteiger partial charge in [-0.15, -0.1) is 0 Å². The maximum Gasteiger partial charge on any atom is 0.338 e. The Morgan fingerprint density at radius 1 is 1.81 bits per heavy atom. The lowest BCUT2D eigenvalue weighted by atomic mass is 10.1. The second kappa shape index (κ2) is 5.31. The summed E-state index contributed by atoms with van der Waals surface area (Å²) in [6.45, 7) is 9.82. The van der Waals surface area contributed by atoms with E-state index >= 15 is 0 Å². The van der Waals surface area contributed by atoms with Gasteiger partial charge in [0.25, 0.3) is 5.70 Å². The van der Waals surface area contributed by atoms with E-state index in [-0.39, 0.29) is 18.2 Å². The monoisotopic (exact) mass is 221 g/mol. The molecule has 0 aromatic carbocycles. The Morgan fingerprint density at radius 2 is 2.50 bits per heavy atom. The Morgan fingerprint density at radius 3 is 2.94 bits per heavy atom. The van der Waals surface area contributed by atoms with Crippen molar-refractivity contribution in [1.82, 2.24) is 4.90 Å². The van der Waals surface area contributed by atoms with Crippen molar-refractivity contribution in [3.05, 3.63) is 22.8 Å². The Balaban J connectivity index is 2.95. The lowest BCUT2D eigenvalue weighted by Crippen LogP contribution is -2.18. The Bertz CT molecular complexity index is 356. The maximum absolute atomic E-state index is 11.6. The molecule has 1 N–H and O–H groups in total. The van der Waals surface area contributed by atoms with Crippen molar-refractivity contribution < 1.29 is 9.53 Å². The molecule has 0 aliphatic carbocycles. The Labute approximate surface area is 95.0 Å². The van der Waals surface area contributed by atoms with Crippen molar-refractivity contribution in [1.29, 1.82) is 5.41 Å². The van der Waals surface area contributed by atoms with Gasteiger partial charge in [0.2, 0.25) is 0 Å². The van der Waals surface area contributed by atoms with E-state index < -0.39 is 5.97 Å². The molecule has 1 heterocycles. The molecule has 0 bridgehead atoms. The first kappa shape index (κ1) is 12.2. The second-order valence-electron chi connectivity index (χ2n) is 3.76. The number of likely N-dealkylation sites (tertiary alicyclic amines) is 1. The number of nitrogens with zero attached hydrogens (tertiary/aromatic N) is 2. The van der Waals surface area contributed by atoms with Crippen LogP contribution in [-0.2, 0) is 9.53 Å². The van der Waals surface area contributed by atoms with Gasteiger partial charge in [-0.1, -0.05) is 6.92 Å². The zero-order valence-corrected chi connectivity index (χ0v) is 9.49. The predicted molar refractivity (Wildman–Crippen MR) is 59.8 cm³/mol. The molecule has 86 valence electrons. The van der Waals surface area contributed by atoms with Crippen LogP contribution in [-0.4, -0.2) is 37.3 Å². The fourth-order valence-corrected chi connectivity index (χ4v) is 1.83. The van der Waals surface area contributed by atoms with E-state index in [9.17, 15) is 4.79 Å². The van der Waals surface area contributed by atoms with E-state index in [4.69, 9.17) is 16.7 Å². The first-order valence-electron chi connectivity index (χ1n) is 5.10. The quantitative estimate of drug-likeness (QED) is 0.338. The van der Waals surface area contributed by atoms with Gasteiger partial charge < -0.3 is 15.0 Å². The number of ether oxygens (including phenoxy) is 1. The molecule has 5 nitrogen and oxygen atoms in total. The summed E-state index contributed by atoms with van der Waals surface area (Å²) >= 11 is 0. The highest BCUT2D eigenvalue weighted by Gasteiger charge is 2.28. The van der Waals surface area contributed by atoms with Crippen LogP contribution >= 0.6 is 0 Å². The molecule has 0 saturated carbocycles. The summed E-state index contributed by atoms with van der Waals surface area (Å²) < 4.78 is 4.77. The topological polar surface area (TPSA) is 57.8 Å². The van der Waals surface area contributed by atoms with Gasteiger partial charge in [-0.25, -0.2) is 4.85 Å². The molecule has 1 rings (SSSR count). The summed E-state index contributed by atoms with van der Waals surface area (Å²) in [5.41, 5.74) is 0.805. The molecule has 1 atom stereocenters. The van der Waals surface area contributed by atoms with Gasteiger partial charge in [-0.3, -0.25) is 4.79 Å². The van der Waals surface area contributed by atoms with Crippen LogP contribution in [0.4, 0.5) is 0 Å². The van der Waals surface area contributed by atoms with Crippen molar-refractivity contribution in [2.75, 3.05) is 20.2 Å². The van der Waals surface area contributed by atoms with Gasteiger partial charge in [0.15, 0.2) is 0 Å². The van der Waals surface area contributed by atoms with E-state index in [1.54, 1.807) is 0 Å². The number of rotatable bonds is 3. The number of hydrogen-bond donors (Lipinski definition) is 1. The van der Waals surface area contributed by atoms with Crippen LogP contribution in [0, 0.1) is 17.9 Å². The standard InChI is InChI=1S/C11H15N3O2/c1-8-4-6-14(3)10(8)9(13-2)11(15)16-7-5-12/h5,8,12H,4,6-7H2,1,3H3. The van der Waals surface area contributed by atoms with Crippen LogP contribution in [0.3, 0.4) is 0 Å². The van der Waals surface area contributed by atoms with Gasteiger partial charge in [0.1, 0.15) is 6.61 Å². The third-order valence-corrected chi connectivity index (χ3v) is 2.62. The minimum Gasteiger partial charge on any atom is -0.465 e. The fraction of sp³-hybridized carbons (Fsp3) is 0.545. The maximum atomic E-state index is 11.6. The summed E-state index contributed by atoms with van der Waals surface area (Å²) in [7, 11) is 1.87. The summed E-state index contributed by atoms with van der Waals surface area (Å²) in [6.07, 6.45) is 1.94. The number of allylic oxidation sites excluding steroid dienone is 1. The number of carbonyl (C=O) groups excluding carboxylic acids is 1. The highest BCUT2D eigenvalue weighted by molar-refractivity contribution is 5.92. The molecule has 1 aliphatic heterocycles. The van der Waals surface area contributed by atoms with Gasteiger partial charge in [0, 0.05) is 25.5 Å². The molecular weight excluding hydrogens is 206 g/mol. The molecule has 0 radical (unpaired) electrons. The Hall–Kier alpha value is -1.83. The smallest absolute Gasteiger partial charge is 0.338 e. The summed E-state index contributed by atoms with van der Waals surface area (Å²) in [5.74, 6) is -0.421. The summed E-state index contributed by atoms with van der Waals surface area (Å²) in [6, 6.07) is 0. The predicted octanol–water partition coefficient (Wildman–Crippen LogP) is 1.28. The molecule has 1 unspecified atom stereocenters. The minimum absolute atomic E-state index is 0.0503. The number of esters is 1. The van der Waals surface area contributed by atoms with Crippen molar-refractivity contribution >= 4 is 12.2 Å². The van der Waals surface area contributed by atoms with Crippen molar-refractivity contribution in [3.63, 3.8) is 0 Å². The second-order valence-corrected chi connectivity index (χ2v) is 3.76. The van der Waals surface area contributed by atoms with Crippen LogP contribution in [0.1, 0.15) is 13.3 Å². The average Bonchev–Trinajstić information content (AvgIpc) is 2.59. The molecular formula is C11H15N3O2. The molecule has 0 amide bonds. The third-order valence-electron chi connectivity index (χ3n) is 2.62. The van der Waals surface area contributed by atoms with Crippen LogP contribution in [0.15, 0.2) is 11.4 Å². The molecule has 1 aliphatic rings. The van der Waals surface area contributed by atoms with Crippen molar-refractivity contribution in [3.8, 4) is 0 Å². The fourth-order valence-electron chi connectivity index (χ4n) is 1.83. The van der Waals surface area contributed by atoms with Gasteiger partial charge >= 0.3 is 5.97 Å². The van der Waals surface area contributed by atoms with Crippen molar-refractivity contribution in [2.24, 2.45) is 5.92 Å². The van der Waals surface area contributed by atoms with Gasteiger partial charge in [0.05, 0.1) is 6.57 Å². The van der Waals surface area contributed by atoms with Crippen LogP contribution in [0.5, 0.6) is 0 Å². The van der Waals surface area contributed by atoms with E-state index in [0.717, 1.165) is 24.9 Å². The largest absolute Gasteiger partial charge is 0.465 e. The molecule has 5 heteroatoms. The van der Waals surface area contributed by atoms with Crippen LogP contribution in [0.2, 0.25) is 0 Å². The zero-order valence-electron chi connectivity index (χ0n) is 9.49. The average molecular weight is 221 g/mol. The first-order chi connectivity index (χ1) is 7.61. The van der Waals surface area contributed by atoms with Gasteiger partial charge in [-0.2, -0.15) is 0 Å². The normalized spacial score (nSPS) is 22.6. The molecule has 0 aromatic heterocycles. The molecule has 1 fully saturated rings. The third kappa shape index (κ3) is 2.40. The van der Waals surface area contributed by atoms with E-state index in [2.05, 4.69) is 4.85 Å². The number of carbonyl (C=O) groups is 1. The number of hydrogen-bond acceptors (Lipinski definition) is 4. The Kier molecular flexibility index (Phi) is 4.06. The van der Waals surface area contributed by atoms with Crippen LogP contribution in [0.25, 0.3) is 4.85 Å². The van der Waals surface area contributed by atoms with E-state index in [1.165, 1.54) is 0 Å². The number of nitrogens with one attached hydrogen (secondary N) is 1. The first-order valence-corrected chi connectivity index (χ1v) is 5.10. The van der Waals surface area contributed by atoms with Crippen molar-refractivity contribution in [2.45, 2.75) is 13.3 Å². The SMILES string of the molecule is [C-]#[N+]C(C(=O)OCC=N)=C1C(C)CCN1C. The highest BCUT2D eigenvalue weighted by Crippen LogP contribution is 2.29.